The van der Waals surface area contributed by atoms with Crippen LogP contribution in [0.25, 0.3) is 0 Å². The Labute approximate surface area is 110 Å². The van der Waals surface area contributed by atoms with Crippen LogP contribution in [0.1, 0.15) is 24.2 Å². The van der Waals surface area contributed by atoms with Crippen LogP contribution < -0.4 is 11.2 Å². The summed E-state index contributed by atoms with van der Waals surface area (Å²) in [4.78, 5) is 28.0. The van der Waals surface area contributed by atoms with Gasteiger partial charge in [-0.15, -0.1) is 0 Å². The van der Waals surface area contributed by atoms with Crippen molar-refractivity contribution in [1.82, 2.24) is 9.88 Å². The van der Waals surface area contributed by atoms with Gasteiger partial charge in [-0.2, -0.15) is 0 Å². The number of amidine groups is 1. The number of nitrogens with one attached hydrogen (secondary N) is 1. The SMILES string of the molecule is CCN(CC(C)/C(N)=N/O)C(=O)c1c[nH]ccc1=O. The van der Waals surface area contributed by atoms with Crippen molar-refractivity contribution in [2.45, 2.75) is 13.8 Å². The highest BCUT2D eigenvalue weighted by molar-refractivity contribution is 5.94. The van der Waals surface area contributed by atoms with Gasteiger partial charge in [0.25, 0.3) is 5.91 Å². The number of pyridine rings is 1. The third-order valence-corrected chi connectivity index (χ3v) is 2.84. The molecule has 0 radical (unpaired) electrons. The number of nitrogens with zero attached hydrogens (tertiary/aromatic N) is 2. The molecule has 0 aliphatic rings. The molecule has 104 valence electrons. The van der Waals surface area contributed by atoms with E-state index in [1.54, 1.807) is 13.8 Å². The number of carbonyl (C=O) groups excluding carboxylic acids is 1. The Balaban J connectivity index is 2.90. The van der Waals surface area contributed by atoms with Crippen molar-refractivity contribution in [3.63, 3.8) is 0 Å². The van der Waals surface area contributed by atoms with Crippen molar-refractivity contribution >= 4 is 11.7 Å². The number of hydrogen-bond donors (Lipinski definition) is 3. The van der Waals surface area contributed by atoms with Gasteiger partial charge in [0, 0.05) is 37.5 Å². The van der Waals surface area contributed by atoms with Crippen molar-refractivity contribution in [3.8, 4) is 0 Å². The zero-order valence-corrected chi connectivity index (χ0v) is 11.0. The second kappa shape index (κ2) is 6.58. The number of oxime groups is 1. The molecule has 1 heterocycles. The molecule has 0 aliphatic heterocycles. The van der Waals surface area contributed by atoms with E-state index in [1.807, 2.05) is 0 Å². The second-order valence-electron chi connectivity index (χ2n) is 4.19. The van der Waals surface area contributed by atoms with Gasteiger partial charge in [0.15, 0.2) is 5.43 Å². The van der Waals surface area contributed by atoms with Crippen LogP contribution in [0.2, 0.25) is 0 Å². The van der Waals surface area contributed by atoms with E-state index in [0.717, 1.165) is 0 Å². The van der Waals surface area contributed by atoms with Crippen molar-refractivity contribution in [2.75, 3.05) is 13.1 Å². The van der Waals surface area contributed by atoms with E-state index in [-0.39, 0.29) is 35.2 Å². The maximum Gasteiger partial charge on any atom is 0.259 e. The molecule has 7 heteroatoms. The lowest BCUT2D eigenvalue weighted by atomic mass is 10.1. The molecule has 4 N–H and O–H groups in total. The molecule has 0 saturated carbocycles. The highest BCUT2D eigenvalue weighted by atomic mass is 16.4. The third kappa shape index (κ3) is 3.57. The predicted octanol–water partition coefficient (Wildman–Crippen LogP) is 0.219. The maximum atomic E-state index is 12.2. The first-order valence-corrected chi connectivity index (χ1v) is 5.95. The Kier molecular flexibility index (Phi) is 5.11. The molecule has 0 aliphatic carbocycles. The predicted molar refractivity (Wildman–Crippen MR) is 71.2 cm³/mol. The molecular weight excluding hydrogens is 248 g/mol. The fourth-order valence-electron chi connectivity index (χ4n) is 1.63. The van der Waals surface area contributed by atoms with Crippen LogP contribution in [0, 0.1) is 5.92 Å². The summed E-state index contributed by atoms with van der Waals surface area (Å²) >= 11 is 0. The summed E-state index contributed by atoms with van der Waals surface area (Å²) in [5.74, 6) is -0.619. The summed E-state index contributed by atoms with van der Waals surface area (Å²) in [7, 11) is 0. The highest BCUT2D eigenvalue weighted by Crippen LogP contribution is 2.04. The first-order chi connectivity index (χ1) is 9.01. The molecular formula is C12H18N4O3. The molecule has 1 unspecified atom stereocenters. The summed E-state index contributed by atoms with van der Waals surface area (Å²) in [6.45, 7) is 4.24. The van der Waals surface area contributed by atoms with Gasteiger partial charge in [-0.1, -0.05) is 12.1 Å². The van der Waals surface area contributed by atoms with Gasteiger partial charge in [-0.25, -0.2) is 0 Å². The van der Waals surface area contributed by atoms with E-state index in [0.29, 0.717) is 6.54 Å². The molecule has 0 fully saturated rings. The van der Waals surface area contributed by atoms with Crippen molar-refractivity contribution in [3.05, 3.63) is 34.2 Å². The van der Waals surface area contributed by atoms with Gasteiger partial charge in [0.05, 0.1) is 0 Å². The number of H-pyrrole nitrogens is 1. The molecule has 1 amide bonds. The minimum atomic E-state index is -0.373. The molecule has 1 aromatic heterocycles. The zero-order chi connectivity index (χ0) is 14.4. The Morgan fingerprint density at radius 2 is 2.32 bits per heavy atom. The largest absolute Gasteiger partial charge is 0.409 e. The lowest BCUT2D eigenvalue weighted by molar-refractivity contribution is 0.0752. The van der Waals surface area contributed by atoms with Crippen molar-refractivity contribution in [1.29, 1.82) is 0 Å². The Bertz CT molecular complexity index is 524. The van der Waals surface area contributed by atoms with Crippen LogP contribution in [0.4, 0.5) is 0 Å². The molecule has 0 aromatic carbocycles. The van der Waals surface area contributed by atoms with E-state index in [4.69, 9.17) is 10.9 Å². The summed E-state index contributed by atoms with van der Waals surface area (Å²) in [6.07, 6.45) is 2.84. The zero-order valence-electron chi connectivity index (χ0n) is 11.0. The minimum absolute atomic E-state index is 0.0493. The average Bonchev–Trinajstić information content (AvgIpc) is 2.43. The molecule has 0 spiro atoms. The number of nitrogens with two attached hydrogens (primary N) is 1. The fraction of sp³-hybridized carbons (Fsp3) is 0.417. The van der Waals surface area contributed by atoms with Gasteiger partial charge in [0.1, 0.15) is 11.4 Å². The van der Waals surface area contributed by atoms with Crippen molar-refractivity contribution in [2.24, 2.45) is 16.8 Å². The maximum absolute atomic E-state index is 12.2. The summed E-state index contributed by atoms with van der Waals surface area (Å²) in [5, 5.41) is 11.5. The topological polar surface area (TPSA) is 112 Å². The van der Waals surface area contributed by atoms with E-state index < -0.39 is 0 Å². The third-order valence-electron chi connectivity index (χ3n) is 2.84. The van der Waals surface area contributed by atoms with Crippen LogP contribution in [0.15, 0.2) is 28.4 Å². The van der Waals surface area contributed by atoms with E-state index in [2.05, 4.69) is 10.1 Å². The van der Waals surface area contributed by atoms with E-state index in [9.17, 15) is 9.59 Å². The molecule has 0 saturated heterocycles. The van der Waals surface area contributed by atoms with Gasteiger partial charge in [-0.05, 0) is 6.92 Å². The second-order valence-corrected chi connectivity index (χ2v) is 4.19. The van der Waals surface area contributed by atoms with Gasteiger partial charge < -0.3 is 20.8 Å². The number of aromatic nitrogens is 1. The first kappa shape index (κ1) is 14.7. The molecule has 0 bridgehead atoms. The number of carbonyl (C=O) groups is 1. The number of amides is 1. The normalized spacial score (nSPS) is 13.1. The minimum Gasteiger partial charge on any atom is -0.409 e. The Hall–Kier alpha value is -2.31. The van der Waals surface area contributed by atoms with Crippen LogP contribution >= 0.6 is 0 Å². The number of hydrogen-bond acceptors (Lipinski definition) is 4. The number of rotatable bonds is 5. The first-order valence-electron chi connectivity index (χ1n) is 5.95. The van der Waals surface area contributed by atoms with Gasteiger partial charge in [0.2, 0.25) is 0 Å². The summed E-state index contributed by atoms with van der Waals surface area (Å²) in [5.41, 5.74) is 5.23. The fourth-order valence-corrected chi connectivity index (χ4v) is 1.63. The van der Waals surface area contributed by atoms with Crippen molar-refractivity contribution < 1.29 is 10.0 Å². The average molecular weight is 266 g/mol. The van der Waals surface area contributed by atoms with Gasteiger partial charge >= 0.3 is 0 Å². The lowest BCUT2D eigenvalue weighted by Gasteiger charge is -2.23. The molecule has 1 rings (SSSR count). The standard InChI is InChI=1S/C12H18N4O3/c1-3-16(7-8(2)11(13)15-19)12(18)9-6-14-5-4-10(9)17/h4-6,8,19H,3,7H2,1-2H3,(H2,13,15)(H,14,17). The molecule has 7 nitrogen and oxygen atoms in total. The monoisotopic (exact) mass is 266 g/mol. The Morgan fingerprint density at radius 1 is 1.63 bits per heavy atom. The molecule has 1 atom stereocenters. The van der Waals surface area contributed by atoms with Gasteiger partial charge in [-0.3, -0.25) is 9.59 Å². The summed E-state index contributed by atoms with van der Waals surface area (Å²) in [6, 6.07) is 1.30. The van der Waals surface area contributed by atoms with Crippen LogP contribution in [0.5, 0.6) is 0 Å². The molecule has 1 aromatic rings. The smallest absolute Gasteiger partial charge is 0.259 e. The molecule has 19 heavy (non-hydrogen) atoms. The Morgan fingerprint density at radius 3 is 2.84 bits per heavy atom. The van der Waals surface area contributed by atoms with Crippen LogP contribution in [0.3, 0.4) is 0 Å². The van der Waals surface area contributed by atoms with E-state index >= 15 is 0 Å². The highest BCUT2D eigenvalue weighted by Gasteiger charge is 2.20. The summed E-state index contributed by atoms with van der Waals surface area (Å²) < 4.78 is 0. The number of aromatic amines is 1. The lowest BCUT2D eigenvalue weighted by Crippen LogP contribution is -2.40. The quantitative estimate of drug-likeness (QED) is 0.306. The van der Waals surface area contributed by atoms with Crippen LogP contribution in [-0.4, -0.2) is 39.9 Å². The van der Waals surface area contributed by atoms with E-state index in [1.165, 1.54) is 23.4 Å². The van der Waals surface area contributed by atoms with Crippen LogP contribution in [-0.2, 0) is 0 Å².